The van der Waals surface area contributed by atoms with Gasteiger partial charge >= 0.3 is 5.97 Å². The predicted molar refractivity (Wildman–Crippen MR) is 123 cm³/mol. The average Bonchev–Trinajstić information content (AvgIpc) is 3.29. The van der Waals surface area contributed by atoms with Gasteiger partial charge in [0.2, 0.25) is 0 Å². The van der Waals surface area contributed by atoms with Gasteiger partial charge in [-0.15, -0.1) is 0 Å². The number of carbonyl (C=O) groups excluding carboxylic acids is 1. The molecule has 176 valence electrons. The van der Waals surface area contributed by atoms with E-state index in [9.17, 15) is 4.79 Å². The van der Waals surface area contributed by atoms with Crippen molar-refractivity contribution in [3.63, 3.8) is 0 Å². The third kappa shape index (κ3) is 3.85. The molecule has 0 aromatic heterocycles. The van der Waals surface area contributed by atoms with Crippen LogP contribution in [0.25, 0.3) is 0 Å². The third-order valence-corrected chi connectivity index (χ3v) is 9.82. The average molecular weight is 451 g/mol. The van der Waals surface area contributed by atoms with Gasteiger partial charge in [0.25, 0.3) is 0 Å². The summed E-state index contributed by atoms with van der Waals surface area (Å²) in [5.74, 6) is -0.221. The number of fused-ring (bicyclic) bond motifs is 1. The smallest absolute Gasteiger partial charge is 0.331 e. The van der Waals surface area contributed by atoms with Crippen LogP contribution in [0.5, 0.6) is 0 Å². The van der Waals surface area contributed by atoms with Gasteiger partial charge in [0, 0.05) is 18.4 Å². The summed E-state index contributed by atoms with van der Waals surface area (Å²) >= 11 is 0. The Morgan fingerprint density at radius 2 is 1.81 bits per heavy atom. The van der Waals surface area contributed by atoms with Crippen molar-refractivity contribution >= 4 is 14.3 Å². The maximum Gasteiger partial charge on any atom is 0.331 e. The van der Waals surface area contributed by atoms with Crippen LogP contribution < -0.4 is 0 Å². The van der Waals surface area contributed by atoms with Crippen LogP contribution in [-0.4, -0.2) is 45.5 Å². The molecule has 0 unspecified atom stereocenters. The molecule has 3 fully saturated rings. The van der Waals surface area contributed by atoms with Gasteiger partial charge in [-0.2, -0.15) is 0 Å². The molecule has 1 saturated heterocycles. The zero-order valence-electron chi connectivity index (χ0n) is 20.6. The van der Waals surface area contributed by atoms with E-state index in [2.05, 4.69) is 47.3 Å². The number of hydrogen-bond donors (Lipinski definition) is 0. The lowest BCUT2D eigenvalue weighted by Crippen LogP contribution is -2.72. The van der Waals surface area contributed by atoms with E-state index in [-0.39, 0.29) is 28.3 Å². The van der Waals surface area contributed by atoms with Crippen LogP contribution in [0.2, 0.25) is 19.6 Å². The summed E-state index contributed by atoms with van der Waals surface area (Å²) in [7, 11) is -1.92. The third-order valence-electron chi connectivity index (χ3n) is 8.85. The van der Waals surface area contributed by atoms with Gasteiger partial charge in [0.15, 0.2) is 14.1 Å². The highest BCUT2D eigenvalue weighted by molar-refractivity contribution is 6.69. The molecule has 0 bridgehead atoms. The Kier molecular flexibility index (Phi) is 5.81. The summed E-state index contributed by atoms with van der Waals surface area (Å²) < 4.78 is 25.5. The lowest BCUT2D eigenvalue weighted by Gasteiger charge is -2.69. The fourth-order valence-electron chi connectivity index (χ4n) is 7.49. The molecule has 0 aromatic rings. The van der Waals surface area contributed by atoms with E-state index in [4.69, 9.17) is 18.6 Å². The second-order valence-corrected chi connectivity index (χ2v) is 16.7. The summed E-state index contributed by atoms with van der Waals surface area (Å²) in [6.45, 7) is 18.3. The monoisotopic (exact) mass is 450 g/mol. The highest BCUT2D eigenvalue weighted by atomic mass is 28.4. The molecular weight excluding hydrogens is 408 g/mol. The molecule has 6 heteroatoms. The van der Waals surface area contributed by atoms with Crippen LogP contribution in [0.15, 0.2) is 11.6 Å². The Labute approximate surface area is 189 Å². The van der Waals surface area contributed by atoms with Crippen LogP contribution in [0.3, 0.4) is 0 Å². The van der Waals surface area contributed by atoms with Crippen LogP contribution in [0.4, 0.5) is 0 Å². The molecule has 0 N–H and O–H groups in total. The minimum absolute atomic E-state index is 0.0268. The molecule has 0 amide bonds. The number of hydrogen-bond acceptors (Lipinski definition) is 5. The Morgan fingerprint density at radius 3 is 2.39 bits per heavy atom. The van der Waals surface area contributed by atoms with Crippen molar-refractivity contribution in [3.05, 3.63) is 11.6 Å². The van der Waals surface area contributed by atoms with Gasteiger partial charge in [-0.1, -0.05) is 34.1 Å². The second-order valence-electron chi connectivity index (χ2n) is 12.3. The highest BCUT2D eigenvalue weighted by Crippen LogP contribution is 2.68. The SMILES string of the molecule is C[C@@H]1C2(C[C@H]3C(C)(C)CCC[C@]3(C)[C@]1(CCC1=CC(=O)OC1)O[Si](C)(C)C)OCCO2. The zero-order chi connectivity index (χ0) is 22.7. The summed E-state index contributed by atoms with van der Waals surface area (Å²) in [4.78, 5) is 11.7. The molecule has 2 aliphatic carbocycles. The van der Waals surface area contributed by atoms with Crippen molar-refractivity contribution in [2.24, 2.45) is 22.7 Å². The summed E-state index contributed by atoms with van der Waals surface area (Å²) in [6.07, 6.45) is 7.94. The highest BCUT2D eigenvalue weighted by Gasteiger charge is 2.70. The van der Waals surface area contributed by atoms with Gasteiger partial charge in [0.05, 0.1) is 18.8 Å². The van der Waals surface area contributed by atoms with Gasteiger partial charge in [-0.3, -0.25) is 0 Å². The van der Waals surface area contributed by atoms with E-state index in [0.717, 1.165) is 24.8 Å². The Morgan fingerprint density at radius 1 is 1.13 bits per heavy atom. The van der Waals surface area contributed by atoms with Gasteiger partial charge < -0.3 is 18.6 Å². The Bertz CT molecular complexity index is 748. The number of carbonyl (C=O) groups is 1. The Balaban J connectivity index is 1.82. The summed E-state index contributed by atoms with van der Waals surface area (Å²) in [5, 5.41) is 0. The summed E-state index contributed by atoms with van der Waals surface area (Å²) in [5.41, 5.74) is 0.946. The largest absolute Gasteiger partial charge is 0.458 e. The van der Waals surface area contributed by atoms with Crippen molar-refractivity contribution in [1.29, 1.82) is 0 Å². The molecule has 2 heterocycles. The molecule has 5 nitrogen and oxygen atoms in total. The maximum atomic E-state index is 11.7. The van der Waals surface area contributed by atoms with Crippen LogP contribution in [0.1, 0.15) is 66.2 Å². The molecular formula is C25H42O5Si. The van der Waals surface area contributed by atoms with Crippen molar-refractivity contribution in [1.82, 2.24) is 0 Å². The first-order chi connectivity index (χ1) is 14.3. The second kappa shape index (κ2) is 7.68. The molecule has 4 rings (SSSR count). The van der Waals surface area contributed by atoms with Crippen LogP contribution in [0, 0.1) is 22.7 Å². The van der Waals surface area contributed by atoms with Gasteiger partial charge in [-0.05, 0) is 67.6 Å². The zero-order valence-corrected chi connectivity index (χ0v) is 21.6. The molecule has 2 aliphatic heterocycles. The standard InChI is InChI=1S/C25H42O5Si/c1-18-24(30-31(5,6)7,12-9-19-15-21(26)27-17-19)23(4)11-8-10-22(2,3)20(23)16-25(18)28-13-14-29-25/h15,18,20H,8-14,16-17H2,1-7H3/t18-,20-,23-,24+/m0/s1. The molecule has 31 heavy (non-hydrogen) atoms. The molecule has 1 spiro atoms. The van der Waals surface area contributed by atoms with E-state index in [1.54, 1.807) is 6.08 Å². The number of ether oxygens (including phenoxy) is 3. The lowest BCUT2D eigenvalue weighted by atomic mass is 9.43. The fourth-order valence-corrected chi connectivity index (χ4v) is 9.09. The molecule has 0 radical (unpaired) electrons. The van der Waals surface area contributed by atoms with Crippen molar-refractivity contribution < 1.29 is 23.4 Å². The number of rotatable bonds is 5. The van der Waals surface area contributed by atoms with E-state index in [1.807, 2.05) is 0 Å². The Hall–Kier alpha value is -0.693. The van der Waals surface area contributed by atoms with Crippen molar-refractivity contribution in [2.75, 3.05) is 19.8 Å². The van der Waals surface area contributed by atoms with Crippen molar-refractivity contribution in [3.8, 4) is 0 Å². The minimum atomic E-state index is -1.92. The topological polar surface area (TPSA) is 54.0 Å². The normalized spacial score (nSPS) is 39.3. The van der Waals surface area contributed by atoms with Gasteiger partial charge in [0.1, 0.15) is 6.61 Å². The number of esters is 1. The van der Waals surface area contributed by atoms with E-state index < -0.39 is 14.1 Å². The lowest BCUT2D eigenvalue weighted by molar-refractivity contribution is -0.322. The molecule has 4 aliphatic rings. The fraction of sp³-hybridized carbons (Fsp3) is 0.880. The number of cyclic esters (lactones) is 1. The van der Waals surface area contributed by atoms with E-state index in [1.165, 1.54) is 19.3 Å². The quantitative estimate of drug-likeness (QED) is 0.411. The predicted octanol–water partition coefficient (Wildman–Crippen LogP) is 5.46. The summed E-state index contributed by atoms with van der Waals surface area (Å²) in [6, 6.07) is 0. The molecule has 2 saturated carbocycles. The van der Waals surface area contributed by atoms with Gasteiger partial charge in [-0.25, -0.2) is 4.79 Å². The van der Waals surface area contributed by atoms with Crippen molar-refractivity contribution in [2.45, 2.75) is 97.2 Å². The van der Waals surface area contributed by atoms with E-state index >= 15 is 0 Å². The maximum absolute atomic E-state index is 11.7. The molecule has 4 atom stereocenters. The minimum Gasteiger partial charge on any atom is -0.458 e. The van der Waals surface area contributed by atoms with E-state index in [0.29, 0.717) is 25.7 Å². The first-order valence-electron chi connectivity index (χ1n) is 12.2. The molecule has 0 aromatic carbocycles. The first kappa shape index (κ1) is 23.5. The first-order valence-corrected chi connectivity index (χ1v) is 15.6. The van der Waals surface area contributed by atoms with Crippen LogP contribution in [-0.2, 0) is 23.4 Å². The van der Waals surface area contributed by atoms with Crippen LogP contribution >= 0.6 is 0 Å².